The van der Waals surface area contributed by atoms with Gasteiger partial charge in [-0.05, 0) is 51.5 Å². The summed E-state index contributed by atoms with van der Waals surface area (Å²) < 4.78 is 16.8. The largest absolute Gasteiger partial charge is 0.381 e. The Kier molecular flexibility index (Phi) is 6.13. The summed E-state index contributed by atoms with van der Waals surface area (Å²) in [6.45, 7) is 5.73. The Morgan fingerprint density at radius 1 is 1.12 bits per heavy atom. The summed E-state index contributed by atoms with van der Waals surface area (Å²) in [5.74, 6) is 7.54. The number of hydrogen-bond acceptors (Lipinski definition) is 6. The lowest BCUT2D eigenvalue weighted by Crippen LogP contribution is -2.43. The zero-order chi connectivity index (χ0) is 18.6. The number of rotatable bonds is 5. The summed E-state index contributed by atoms with van der Waals surface area (Å²) in [7, 11) is 3.42. The minimum Gasteiger partial charge on any atom is -0.381 e. The van der Waals surface area contributed by atoms with E-state index in [1.54, 1.807) is 20.4 Å². The molecule has 1 saturated carbocycles. The Balaban J connectivity index is 1.52. The summed E-state index contributed by atoms with van der Waals surface area (Å²) in [6.07, 6.45) is 6.99. The number of ether oxygens (including phenoxy) is 3. The first-order chi connectivity index (χ1) is 12.5. The van der Waals surface area contributed by atoms with E-state index in [0.717, 1.165) is 44.6 Å². The van der Waals surface area contributed by atoms with Crippen LogP contribution in [-0.2, 0) is 14.2 Å². The molecule has 6 nitrogen and oxygen atoms in total. The van der Waals surface area contributed by atoms with E-state index in [1.165, 1.54) is 0 Å². The molecule has 0 N–H and O–H groups in total. The topological polar surface area (TPSA) is 56.7 Å². The number of hydrogen-bond donors (Lipinski definition) is 0. The molecule has 1 aliphatic carbocycles. The highest BCUT2D eigenvalue weighted by Gasteiger charge is 2.33. The highest BCUT2D eigenvalue weighted by molar-refractivity contribution is 5.40. The molecule has 3 rings (SSSR count). The fraction of sp³-hybridized carbons (Fsp3) is 0.700. The molecule has 0 radical (unpaired) electrons. The molecule has 6 heteroatoms. The third kappa shape index (κ3) is 4.94. The average Bonchev–Trinajstić information content (AvgIpc) is 2.63. The van der Waals surface area contributed by atoms with E-state index >= 15 is 0 Å². The molecule has 2 fully saturated rings. The van der Waals surface area contributed by atoms with Crippen molar-refractivity contribution in [3.05, 3.63) is 18.1 Å². The van der Waals surface area contributed by atoms with Crippen LogP contribution in [0, 0.1) is 11.8 Å². The highest BCUT2D eigenvalue weighted by atomic mass is 16.5. The fourth-order valence-corrected chi connectivity index (χ4v) is 3.16. The summed E-state index contributed by atoms with van der Waals surface area (Å²) in [6, 6.07) is 1.95. The molecule has 0 bridgehead atoms. The molecule has 0 aromatic carbocycles. The Bertz CT molecular complexity index is 654. The lowest BCUT2D eigenvalue weighted by molar-refractivity contribution is -0.119. The van der Waals surface area contributed by atoms with Gasteiger partial charge in [0.1, 0.15) is 11.4 Å². The smallest absolute Gasteiger partial charge is 0.206 e. The van der Waals surface area contributed by atoms with E-state index in [9.17, 15) is 0 Å². The van der Waals surface area contributed by atoms with Gasteiger partial charge in [-0.25, -0.2) is 9.97 Å². The molecule has 2 aliphatic rings. The van der Waals surface area contributed by atoms with Crippen molar-refractivity contribution in [3.8, 4) is 11.8 Å². The van der Waals surface area contributed by atoms with E-state index in [0.29, 0.717) is 24.1 Å². The number of piperidine rings is 1. The quantitative estimate of drug-likeness (QED) is 0.753. The van der Waals surface area contributed by atoms with Crippen molar-refractivity contribution in [2.24, 2.45) is 0 Å². The highest BCUT2D eigenvalue weighted by Crippen LogP contribution is 2.29. The van der Waals surface area contributed by atoms with Gasteiger partial charge in [0, 0.05) is 33.5 Å². The van der Waals surface area contributed by atoms with E-state index in [1.807, 2.05) is 19.9 Å². The van der Waals surface area contributed by atoms with Crippen molar-refractivity contribution in [2.75, 3.05) is 32.2 Å². The zero-order valence-corrected chi connectivity index (χ0v) is 16.2. The summed E-state index contributed by atoms with van der Waals surface area (Å²) in [4.78, 5) is 11.1. The van der Waals surface area contributed by atoms with Gasteiger partial charge < -0.3 is 19.1 Å². The molecule has 1 aromatic rings. The van der Waals surface area contributed by atoms with Crippen LogP contribution in [0.5, 0.6) is 0 Å². The summed E-state index contributed by atoms with van der Waals surface area (Å²) in [5.41, 5.74) is -0.502. The second kappa shape index (κ2) is 8.34. The molecule has 0 spiro atoms. The van der Waals surface area contributed by atoms with Crippen LogP contribution in [0.4, 0.5) is 5.82 Å². The molecule has 0 amide bonds. The van der Waals surface area contributed by atoms with Crippen molar-refractivity contribution < 1.29 is 14.2 Å². The minimum atomic E-state index is -0.502. The zero-order valence-electron chi connectivity index (χ0n) is 16.2. The molecule has 26 heavy (non-hydrogen) atoms. The van der Waals surface area contributed by atoms with Crippen LogP contribution in [0.15, 0.2) is 12.3 Å². The molecule has 0 atom stereocenters. The molecular formula is C20H29N3O3. The Hall–Kier alpha value is -1.68. The minimum absolute atomic E-state index is 0.345. The molecular weight excluding hydrogens is 330 g/mol. The molecule has 142 valence electrons. The van der Waals surface area contributed by atoms with Crippen molar-refractivity contribution >= 4 is 5.82 Å². The second-order valence-corrected chi connectivity index (χ2v) is 7.48. The Morgan fingerprint density at radius 3 is 2.50 bits per heavy atom. The van der Waals surface area contributed by atoms with E-state index < -0.39 is 5.60 Å². The first kappa shape index (κ1) is 19.1. The predicted molar refractivity (Wildman–Crippen MR) is 100 cm³/mol. The fourth-order valence-electron chi connectivity index (χ4n) is 3.16. The molecule has 0 unspecified atom stereocenters. The maximum absolute atomic E-state index is 6.18. The Morgan fingerprint density at radius 2 is 1.85 bits per heavy atom. The van der Waals surface area contributed by atoms with Crippen molar-refractivity contribution in [3.63, 3.8) is 0 Å². The van der Waals surface area contributed by atoms with Gasteiger partial charge in [0.15, 0.2) is 0 Å². The summed E-state index contributed by atoms with van der Waals surface area (Å²) in [5, 5.41) is 0. The van der Waals surface area contributed by atoms with Crippen molar-refractivity contribution in [2.45, 2.75) is 63.4 Å². The number of nitrogens with zero attached hydrogens (tertiary/aromatic N) is 3. The number of methoxy groups -OCH3 is 2. The predicted octanol–water partition coefficient (Wildman–Crippen LogP) is 2.42. The van der Waals surface area contributed by atoms with Gasteiger partial charge in [-0.2, -0.15) is 0 Å². The first-order valence-electron chi connectivity index (χ1n) is 9.33. The monoisotopic (exact) mass is 359 g/mol. The van der Waals surface area contributed by atoms with Gasteiger partial charge in [-0.15, -0.1) is 0 Å². The van der Waals surface area contributed by atoms with Gasteiger partial charge in [-0.1, -0.05) is 5.92 Å². The first-order valence-corrected chi connectivity index (χ1v) is 9.33. The third-order valence-electron chi connectivity index (χ3n) is 5.16. The maximum atomic E-state index is 6.18. The van der Waals surface area contributed by atoms with Gasteiger partial charge in [0.05, 0.1) is 18.3 Å². The number of anilines is 1. The van der Waals surface area contributed by atoms with Crippen LogP contribution < -0.4 is 4.90 Å². The van der Waals surface area contributed by atoms with Gasteiger partial charge in [-0.3, -0.25) is 0 Å². The van der Waals surface area contributed by atoms with E-state index in [4.69, 9.17) is 14.2 Å². The number of aromatic nitrogens is 2. The maximum Gasteiger partial charge on any atom is 0.206 e. The molecule has 1 aromatic heterocycles. The lowest BCUT2D eigenvalue weighted by atomic mass is 9.91. The third-order valence-corrected chi connectivity index (χ3v) is 5.16. The van der Waals surface area contributed by atoms with Crippen LogP contribution in [-0.4, -0.2) is 61.2 Å². The Labute approximate surface area is 156 Å². The van der Waals surface area contributed by atoms with Crippen LogP contribution >= 0.6 is 0 Å². The SMILES string of the molecule is COC1CC(OC2CCN(c3ccnc(C#CC(C)(C)OC)n3)CC2)C1. The van der Waals surface area contributed by atoms with Crippen LogP contribution in [0.2, 0.25) is 0 Å². The molecule has 1 saturated heterocycles. The average molecular weight is 359 g/mol. The standard InChI is InChI=1S/C20H29N3O3/c1-20(2,25-4)9-5-18-21-10-6-19(22-18)23-11-7-15(8-12-23)26-17-13-16(14-17)24-3/h6,10,15-17H,7-8,11-14H2,1-4H3. The van der Waals surface area contributed by atoms with E-state index in [-0.39, 0.29) is 0 Å². The second-order valence-electron chi connectivity index (χ2n) is 7.48. The summed E-state index contributed by atoms with van der Waals surface area (Å²) >= 11 is 0. The lowest BCUT2D eigenvalue weighted by Gasteiger charge is -2.39. The van der Waals surface area contributed by atoms with Crippen molar-refractivity contribution in [1.82, 2.24) is 9.97 Å². The van der Waals surface area contributed by atoms with Gasteiger partial charge >= 0.3 is 0 Å². The van der Waals surface area contributed by atoms with Crippen LogP contribution in [0.3, 0.4) is 0 Å². The van der Waals surface area contributed by atoms with Gasteiger partial charge in [0.2, 0.25) is 5.82 Å². The normalized spacial score (nSPS) is 23.9. The van der Waals surface area contributed by atoms with E-state index in [2.05, 4.69) is 26.7 Å². The van der Waals surface area contributed by atoms with Crippen molar-refractivity contribution in [1.29, 1.82) is 0 Å². The van der Waals surface area contributed by atoms with Crippen LogP contribution in [0.1, 0.15) is 45.4 Å². The molecule has 2 heterocycles. The molecule has 1 aliphatic heterocycles. The van der Waals surface area contributed by atoms with Gasteiger partial charge in [0.25, 0.3) is 0 Å². The van der Waals surface area contributed by atoms with Crippen LogP contribution in [0.25, 0.3) is 0 Å².